The van der Waals surface area contributed by atoms with E-state index < -0.39 is 0 Å². The van der Waals surface area contributed by atoms with E-state index in [1.807, 2.05) is 20.9 Å². The number of likely N-dealkylation sites (tertiary alicyclic amines) is 1. The fourth-order valence-corrected chi connectivity index (χ4v) is 1.23. The quantitative estimate of drug-likeness (QED) is 0.442. The second kappa shape index (κ2) is 1.49. The molecule has 2 heteroatoms. The molecule has 1 aliphatic rings. The zero-order valence-corrected chi connectivity index (χ0v) is 6.43. The lowest BCUT2D eigenvalue weighted by atomic mass is 9.75. The van der Waals surface area contributed by atoms with Gasteiger partial charge in [-0.25, -0.2) is 0 Å². The van der Waals surface area contributed by atoms with Crippen LogP contribution in [0.4, 0.5) is 0 Å². The minimum atomic E-state index is -0.102. The molecule has 0 spiro atoms. The summed E-state index contributed by atoms with van der Waals surface area (Å²) >= 11 is 0. The van der Waals surface area contributed by atoms with E-state index in [9.17, 15) is 4.79 Å². The minimum Gasteiger partial charge on any atom is -0.341 e. The maximum absolute atomic E-state index is 11.0. The number of nitrogens with zero attached hydrogens (tertiary/aromatic N) is 1. The van der Waals surface area contributed by atoms with Crippen LogP contribution in [0.5, 0.6) is 0 Å². The fraction of sp³-hybridized carbons (Fsp3) is 0.857. The maximum Gasteiger partial charge on any atom is 0.230 e. The summed E-state index contributed by atoms with van der Waals surface area (Å²) in [5.41, 5.74) is -0.102. The van der Waals surface area contributed by atoms with Crippen LogP contribution in [0, 0.1) is 5.41 Å². The molecule has 1 amide bonds. The first-order chi connectivity index (χ1) is 3.98. The molecule has 1 fully saturated rings. The van der Waals surface area contributed by atoms with E-state index in [1.165, 1.54) is 0 Å². The zero-order chi connectivity index (χ0) is 7.23. The van der Waals surface area contributed by atoms with E-state index in [0.717, 1.165) is 0 Å². The Morgan fingerprint density at radius 2 is 2.00 bits per heavy atom. The first kappa shape index (κ1) is 6.59. The largest absolute Gasteiger partial charge is 0.341 e. The van der Waals surface area contributed by atoms with Crippen LogP contribution < -0.4 is 0 Å². The number of amides is 1. The van der Waals surface area contributed by atoms with Gasteiger partial charge in [0.15, 0.2) is 0 Å². The van der Waals surface area contributed by atoms with E-state index in [-0.39, 0.29) is 11.3 Å². The van der Waals surface area contributed by atoms with Crippen molar-refractivity contribution in [1.82, 2.24) is 4.90 Å². The van der Waals surface area contributed by atoms with E-state index in [4.69, 9.17) is 0 Å². The lowest BCUT2D eigenvalue weighted by molar-refractivity contribution is -0.162. The second-order valence-corrected chi connectivity index (χ2v) is 3.31. The molecule has 0 N–H and O–H groups in total. The summed E-state index contributed by atoms with van der Waals surface area (Å²) in [6, 6.07) is 0.407. The van der Waals surface area contributed by atoms with Crippen molar-refractivity contribution in [3.05, 3.63) is 0 Å². The van der Waals surface area contributed by atoms with Crippen molar-refractivity contribution in [2.75, 3.05) is 7.05 Å². The number of hydrogen-bond acceptors (Lipinski definition) is 1. The zero-order valence-electron chi connectivity index (χ0n) is 6.43. The molecule has 1 unspecified atom stereocenters. The average molecular weight is 127 g/mol. The van der Waals surface area contributed by atoms with Crippen LogP contribution in [0.1, 0.15) is 20.8 Å². The number of carbonyl (C=O) groups excluding carboxylic acids is 1. The number of rotatable bonds is 0. The van der Waals surface area contributed by atoms with Gasteiger partial charge in [0.1, 0.15) is 0 Å². The van der Waals surface area contributed by atoms with Gasteiger partial charge in [0.05, 0.1) is 5.41 Å². The average Bonchev–Trinajstić information content (AvgIpc) is 1.84. The van der Waals surface area contributed by atoms with Gasteiger partial charge in [-0.05, 0) is 20.8 Å². The molecule has 1 heterocycles. The molecule has 0 aromatic carbocycles. The monoisotopic (exact) mass is 127 g/mol. The van der Waals surface area contributed by atoms with Crippen molar-refractivity contribution < 1.29 is 4.79 Å². The Hall–Kier alpha value is -0.530. The Labute approximate surface area is 55.8 Å². The van der Waals surface area contributed by atoms with Crippen molar-refractivity contribution in [2.24, 2.45) is 5.41 Å². The van der Waals surface area contributed by atoms with Crippen molar-refractivity contribution in [3.8, 4) is 0 Å². The van der Waals surface area contributed by atoms with E-state index in [0.29, 0.717) is 6.04 Å². The Balaban J connectivity index is 2.73. The molecule has 0 saturated carbocycles. The van der Waals surface area contributed by atoms with Gasteiger partial charge in [0, 0.05) is 13.1 Å². The predicted octanol–water partition coefficient (Wildman–Crippen LogP) is 0.873. The number of β-lactam (4-membered cyclic amide) rings is 1. The van der Waals surface area contributed by atoms with Gasteiger partial charge in [0.2, 0.25) is 5.91 Å². The molecule has 1 rings (SSSR count). The third-order valence-electron chi connectivity index (χ3n) is 2.50. The molecule has 52 valence electrons. The van der Waals surface area contributed by atoms with Gasteiger partial charge < -0.3 is 4.90 Å². The van der Waals surface area contributed by atoms with Gasteiger partial charge in [-0.1, -0.05) is 0 Å². The van der Waals surface area contributed by atoms with Crippen LogP contribution in [-0.2, 0) is 4.79 Å². The summed E-state index contributed by atoms with van der Waals surface area (Å²) in [4.78, 5) is 12.8. The molecule has 0 aliphatic carbocycles. The number of carbonyl (C=O) groups is 1. The first-order valence-corrected chi connectivity index (χ1v) is 3.25. The van der Waals surface area contributed by atoms with Crippen LogP contribution in [0.3, 0.4) is 0 Å². The van der Waals surface area contributed by atoms with Crippen LogP contribution in [0.15, 0.2) is 0 Å². The highest BCUT2D eigenvalue weighted by molar-refractivity contribution is 5.88. The summed E-state index contributed by atoms with van der Waals surface area (Å²) < 4.78 is 0. The highest BCUT2D eigenvalue weighted by atomic mass is 16.2. The van der Waals surface area contributed by atoms with Crippen LogP contribution in [0.2, 0.25) is 0 Å². The van der Waals surface area contributed by atoms with E-state index in [1.54, 1.807) is 4.90 Å². The van der Waals surface area contributed by atoms with Gasteiger partial charge in [-0.15, -0.1) is 0 Å². The third-order valence-corrected chi connectivity index (χ3v) is 2.50. The molecule has 0 aromatic rings. The standard InChI is InChI=1S/C7H13NO/c1-5-7(2,3)6(9)8(5)4/h5H,1-4H3. The first-order valence-electron chi connectivity index (χ1n) is 3.25. The van der Waals surface area contributed by atoms with Crippen LogP contribution in [0.25, 0.3) is 0 Å². The summed E-state index contributed by atoms with van der Waals surface area (Å²) in [6.45, 7) is 6.04. The molecule has 0 aromatic heterocycles. The van der Waals surface area contributed by atoms with Crippen molar-refractivity contribution in [3.63, 3.8) is 0 Å². The fourth-order valence-electron chi connectivity index (χ4n) is 1.23. The highest BCUT2D eigenvalue weighted by Crippen LogP contribution is 2.36. The summed E-state index contributed by atoms with van der Waals surface area (Å²) in [5, 5.41) is 0. The SMILES string of the molecule is CC1N(C)C(=O)C1(C)C. The smallest absolute Gasteiger partial charge is 0.230 e. The van der Waals surface area contributed by atoms with Gasteiger partial charge >= 0.3 is 0 Å². The highest BCUT2D eigenvalue weighted by Gasteiger charge is 2.49. The van der Waals surface area contributed by atoms with Crippen LogP contribution >= 0.6 is 0 Å². The number of hydrogen-bond donors (Lipinski definition) is 0. The van der Waals surface area contributed by atoms with Crippen molar-refractivity contribution >= 4 is 5.91 Å². The Kier molecular flexibility index (Phi) is 1.09. The Morgan fingerprint density at radius 1 is 1.56 bits per heavy atom. The summed E-state index contributed by atoms with van der Waals surface area (Å²) in [5.74, 6) is 0.259. The molecule has 1 aliphatic heterocycles. The molecule has 0 bridgehead atoms. The van der Waals surface area contributed by atoms with E-state index in [2.05, 4.69) is 6.92 Å². The lowest BCUT2D eigenvalue weighted by Gasteiger charge is -2.49. The normalized spacial score (nSPS) is 32.2. The Morgan fingerprint density at radius 3 is 2.11 bits per heavy atom. The van der Waals surface area contributed by atoms with Crippen LogP contribution in [-0.4, -0.2) is 23.9 Å². The summed E-state index contributed by atoms with van der Waals surface area (Å²) in [7, 11) is 1.85. The van der Waals surface area contributed by atoms with Gasteiger partial charge in [0.25, 0.3) is 0 Å². The van der Waals surface area contributed by atoms with Crippen molar-refractivity contribution in [1.29, 1.82) is 0 Å². The lowest BCUT2D eigenvalue weighted by Crippen LogP contribution is -2.63. The summed E-state index contributed by atoms with van der Waals surface area (Å²) in [6.07, 6.45) is 0. The minimum absolute atomic E-state index is 0.102. The molecule has 1 saturated heterocycles. The molecule has 1 atom stereocenters. The Bertz CT molecular complexity index is 151. The molecular formula is C7H13NO. The molecule has 0 radical (unpaired) electrons. The van der Waals surface area contributed by atoms with Gasteiger partial charge in [-0.3, -0.25) is 4.79 Å². The molecule has 2 nitrogen and oxygen atoms in total. The van der Waals surface area contributed by atoms with Crippen molar-refractivity contribution in [2.45, 2.75) is 26.8 Å². The van der Waals surface area contributed by atoms with E-state index >= 15 is 0 Å². The topological polar surface area (TPSA) is 20.3 Å². The molecular weight excluding hydrogens is 114 g/mol. The second-order valence-electron chi connectivity index (χ2n) is 3.31. The predicted molar refractivity (Wildman–Crippen MR) is 36.0 cm³/mol. The third kappa shape index (κ3) is 0.590. The maximum atomic E-state index is 11.0. The van der Waals surface area contributed by atoms with Gasteiger partial charge in [-0.2, -0.15) is 0 Å². The molecule has 9 heavy (non-hydrogen) atoms.